The summed E-state index contributed by atoms with van der Waals surface area (Å²) in [6, 6.07) is 7.34. The standard InChI is InChI=1S/C12H16O/c1-9(2)8-10(3)11-6-4-5-7-12(11)13/h4-7,9,13H,3,8H2,1-2H3. The summed E-state index contributed by atoms with van der Waals surface area (Å²) in [4.78, 5) is 0. The highest BCUT2D eigenvalue weighted by Crippen LogP contribution is 2.27. The number of phenols is 1. The number of rotatable bonds is 3. The summed E-state index contributed by atoms with van der Waals surface area (Å²) in [6.07, 6.45) is 0.928. The maximum atomic E-state index is 9.53. The summed E-state index contributed by atoms with van der Waals surface area (Å²) in [5.74, 6) is 0.903. The highest BCUT2D eigenvalue weighted by molar-refractivity contribution is 5.68. The van der Waals surface area contributed by atoms with Crippen molar-refractivity contribution in [2.24, 2.45) is 5.92 Å². The molecule has 0 aromatic heterocycles. The van der Waals surface area contributed by atoms with E-state index in [4.69, 9.17) is 0 Å². The average molecular weight is 176 g/mol. The van der Waals surface area contributed by atoms with E-state index in [1.54, 1.807) is 6.07 Å². The van der Waals surface area contributed by atoms with Crippen molar-refractivity contribution in [2.45, 2.75) is 20.3 Å². The Morgan fingerprint density at radius 1 is 1.38 bits per heavy atom. The number of benzene rings is 1. The number of hydrogen-bond acceptors (Lipinski definition) is 1. The molecule has 70 valence electrons. The Labute approximate surface area is 79.7 Å². The van der Waals surface area contributed by atoms with Crippen molar-refractivity contribution in [3.8, 4) is 5.75 Å². The first-order chi connectivity index (χ1) is 6.11. The Kier molecular flexibility index (Phi) is 3.13. The van der Waals surface area contributed by atoms with E-state index in [2.05, 4.69) is 20.4 Å². The fourth-order valence-corrected chi connectivity index (χ4v) is 1.38. The molecule has 0 saturated heterocycles. The minimum atomic E-state index is 0.327. The van der Waals surface area contributed by atoms with Gasteiger partial charge in [0.05, 0.1) is 0 Å². The summed E-state index contributed by atoms with van der Waals surface area (Å²) in [7, 11) is 0. The zero-order valence-corrected chi connectivity index (χ0v) is 8.25. The molecule has 0 amide bonds. The largest absolute Gasteiger partial charge is 0.507 e. The lowest BCUT2D eigenvalue weighted by Crippen LogP contribution is -1.90. The van der Waals surface area contributed by atoms with Crippen LogP contribution in [0.15, 0.2) is 30.8 Å². The van der Waals surface area contributed by atoms with Gasteiger partial charge in [-0.15, -0.1) is 0 Å². The quantitative estimate of drug-likeness (QED) is 0.747. The van der Waals surface area contributed by atoms with Crippen LogP contribution in [-0.4, -0.2) is 5.11 Å². The molecule has 0 aliphatic carbocycles. The van der Waals surface area contributed by atoms with Crippen molar-refractivity contribution in [3.05, 3.63) is 36.4 Å². The minimum Gasteiger partial charge on any atom is -0.507 e. The van der Waals surface area contributed by atoms with Gasteiger partial charge in [-0.2, -0.15) is 0 Å². The fraction of sp³-hybridized carbons (Fsp3) is 0.333. The molecule has 1 N–H and O–H groups in total. The van der Waals surface area contributed by atoms with E-state index >= 15 is 0 Å². The van der Waals surface area contributed by atoms with Crippen LogP contribution in [0.4, 0.5) is 0 Å². The first-order valence-corrected chi connectivity index (χ1v) is 4.57. The summed E-state index contributed by atoms with van der Waals surface area (Å²) in [5, 5.41) is 9.53. The van der Waals surface area contributed by atoms with Crippen molar-refractivity contribution in [2.75, 3.05) is 0 Å². The Morgan fingerprint density at radius 3 is 2.54 bits per heavy atom. The van der Waals surface area contributed by atoms with Crippen LogP contribution in [0, 0.1) is 5.92 Å². The van der Waals surface area contributed by atoms with Gasteiger partial charge < -0.3 is 5.11 Å². The third-order valence-electron chi connectivity index (χ3n) is 1.94. The van der Waals surface area contributed by atoms with Crippen LogP contribution in [0.5, 0.6) is 5.75 Å². The molecule has 1 aromatic carbocycles. The third kappa shape index (κ3) is 2.62. The minimum absolute atomic E-state index is 0.327. The van der Waals surface area contributed by atoms with Gasteiger partial charge in [-0.25, -0.2) is 0 Å². The van der Waals surface area contributed by atoms with E-state index in [9.17, 15) is 5.11 Å². The van der Waals surface area contributed by atoms with Crippen LogP contribution in [-0.2, 0) is 0 Å². The molecule has 0 unspecified atom stereocenters. The lowest BCUT2D eigenvalue weighted by atomic mass is 9.97. The molecule has 0 heterocycles. The maximum Gasteiger partial charge on any atom is 0.123 e. The van der Waals surface area contributed by atoms with Crippen LogP contribution in [0.1, 0.15) is 25.8 Å². The van der Waals surface area contributed by atoms with Gasteiger partial charge in [-0.05, 0) is 24.0 Å². The molecule has 0 aliphatic rings. The van der Waals surface area contributed by atoms with Gasteiger partial charge in [-0.1, -0.05) is 38.6 Å². The molecule has 1 heteroatoms. The number of allylic oxidation sites excluding steroid dienone is 1. The normalized spacial score (nSPS) is 10.4. The van der Waals surface area contributed by atoms with E-state index < -0.39 is 0 Å². The Hall–Kier alpha value is -1.24. The van der Waals surface area contributed by atoms with Crippen molar-refractivity contribution in [1.82, 2.24) is 0 Å². The van der Waals surface area contributed by atoms with Gasteiger partial charge in [-0.3, -0.25) is 0 Å². The summed E-state index contributed by atoms with van der Waals surface area (Å²) in [6.45, 7) is 8.25. The first kappa shape index (κ1) is 9.85. The molecule has 1 nitrogen and oxygen atoms in total. The second kappa shape index (κ2) is 4.13. The predicted octanol–water partition coefficient (Wildman–Crippen LogP) is 3.45. The molecule has 0 fully saturated rings. The molecule has 0 atom stereocenters. The monoisotopic (exact) mass is 176 g/mol. The summed E-state index contributed by atoms with van der Waals surface area (Å²) >= 11 is 0. The molecule has 1 rings (SSSR count). The van der Waals surface area contributed by atoms with Crippen LogP contribution >= 0.6 is 0 Å². The highest BCUT2D eigenvalue weighted by atomic mass is 16.3. The molecule has 0 saturated carbocycles. The van der Waals surface area contributed by atoms with E-state index in [-0.39, 0.29) is 0 Å². The fourth-order valence-electron chi connectivity index (χ4n) is 1.38. The third-order valence-corrected chi connectivity index (χ3v) is 1.94. The summed E-state index contributed by atoms with van der Waals surface area (Å²) < 4.78 is 0. The SMILES string of the molecule is C=C(CC(C)C)c1ccccc1O. The molecule has 0 spiro atoms. The van der Waals surface area contributed by atoms with Crippen molar-refractivity contribution < 1.29 is 5.11 Å². The molecular formula is C12H16O. The molecular weight excluding hydrogens is 160 g/mol. The van der Waals surface area contributed by atoms with Gasteiger partial charge in [0, 0.05) is 5.56 Å². The molecule has 13 heavy (non-hydrogen) atoms. The van der Waals surface area contributed by atoms with Crippen LogP contribution in [0.3, 0.4) is 0 Å². The Balaban J connectivity index is 2.83. The molecule has 1 aromatic rings. The predicted molar refractivity (Wildman–Crippen MR) is 56.6 cm³/mol. The molecule has 0 bridgehead atoms. The maximum absolute atomic E-state index is 9.53. The van der Waals surface area contributed by atoms with Crippen molar-refractivity contribution >= 4 is 5.57 Å². The van der Waals surface area contributed by atoms with Gasteiger partial charge in [0.25, 0.3) is 0 Å². The zero-order chi connectivity index (χ0) is 9.84. The van der Waals surface area contributed by atoms with E-state index in [1.807, 2.05) is 18.2 Å². The van der Waals surface area contributed by atoms with Gasteiger partial charge >= 0.3 is 0 Å². The van der Waals surface area contributed by atoms with Gasteiger partial charge in [0.15, 0.2) is 0 Å². The number of phenolic OH excluding ortho intramolecular Hbond substituents is 1. The first-order valence-electron chi connectivity index (χ1n) is 4.57. The van der Waals surface area contributed by atoms with Gasteiger partial charge in [0.2, 0.25) is 0 Å². The van der Waals surface area contributed by atoms with E-state index in [0.717, 1.165) is 17.6 Å². The number of aromatic hydroxyl groups is 1. The van der Waals surface area contributed by atoms with Crippen LogP contribution in [0.2, 0.25) is 0 Å². The lowest BCUT2D eigenvalue weighted by Gasteiger charge is -2.09. The highest BCUT2D eigenvalue weighted by Gasteiger charge is 2.05. The number of hydrogen-bond donors (Lipinski definition) is 1. The van der Waals surface area contributed by atoms with Crippen molar-refractivity contribution in [3.63, 3.8) is 0 Å². The van der Waals surface area contributed by atoms with E-state index in [0.29, 0.717) is 11.7 Å². The molecule has 0 aliphatic heterocycles. The lowest BCUT2D eigenvalue weighted by molar-refractivity contribution is 0.473. The van der Waals surface area contributed by atoms with Crippen LogP contribution < -0.4 is 0 Å². The summed E-state index contributed by atoms with van der Waals surface area (Å²) in [5.41, 5.74) is 1.88. The Bertz CT molecular complexity index is 300. The van der Waals surface area contributed by atoms with E-state index in [1.165, 1.54) is 0 Å². The topological polar surface area (TPSA) is 20.2 Å². The number of para-hydroxylation sites is 1. The smallest absolute Gasteiger partial charge is 0.123 e. The zero-order valence-electron chi connectivity index (χ0n) is 8.25. The van der Waals surface area contributed by atoms with Crippen molar-refractivity contribution in [1.29, 1.82) is 0 Å². The average Bonchev–Trinajstić information content (AvgIpc) is 2.03. The van der Waals surface area contributed by atoms with Crippen LogP contribution in [0.25, 0.3) is 5.57 Å². The Morgan fingerprint density at radius 2 is 2.00 bits per heavy atom. The molecule has 0 radical (unpaired) electrons. The second-order valence-corrected chi connectivity index (χ2v) is 3.72. The van der Waals surface area contributed by atoms with Gasteiger partial charge in [0.1, 0.15) is 5.75 Å². The second-order valence-electron chi connectivity index (χ2n) is 3.72.